The number of aromatic nitrogens is 2. The van der Waals surface area contributed by atoms with Crippen LogP contribution in [-0.2, 0) is 6.54 Å². The number of phenols is 1. The van der Waals surface area contributed by atoms with Gasteiger partial charge in [-0.3, -0.25) is 0 Å². The second kappa shape index (κ2) is 4.81. The van der Waals surface area contributed by atoms with E-state index in [1.807, 2.05) is 6.07 Å². The average Bonchev–Trinajstić information content (AvgIpc) is 2.28. The lowest BCUT2D eigenvalue weighted by Gasteiger charge is -2.04. The fraction of sp³-hybridized carbons (Fsp3) is 0.0909. The summed E-state index contributed by atoms with van der Waals surface area (Å²) in [6, 6.07) is 10.4. The van der Waals surface area contributed by atoms with E-state index >= 15 is 0 Å². The van der Waals surface area contributed by atoms with Gasteiger partial charge in [-0.15, -0.1) is 10.2 Å². The summed E-state index contributed by atoms with van der Waals surface area (Å²) in [5, 5.41) is 20.3. The van der Waals surface area contributed by atoms with Crippen LogP contribution < -0.4 is 5.32 Å². The fourth-order valence-electron chi connectivity index (χ4n) is 1.27. The van der Waals surface area contributed by atoms with Crippen molar-refractivity contribution in [2.75, 3.05) is 5.32 Å². The zero-order chi connectivity index (χ0) is 11.4. The molecule has 0 radical (unpaired) electrons. The molecule has 0 aliphatic carbocycles. The number of aromatic hydroxyl groups is 1. The van der Waals surface area contributed by atoms with E-state index in [1.165, 1.54) is 0 Å². The Labute approximate surface area is 97.9 Å². The van der Waals surface area contributed by atoms with E-state index in [9.17, 15) is 5.11 Å². The highest BCUT2D eigenvalue weighted by molar-refractivity contribution is 6.29. The third kappa shape index (κ3) is 2.84. The van der Waals surface area contributed by atoms with Crippen LogP contribution in [0.1, 0.15) is 5.56 Å². The molecule has 82 valence electrons. The second-order valence-electron chi connectivity index (χ2n) is 3.26. The van der Waals surface area contributed by atoms with Gasteiger partial charge in [-0.1, -0.05) is 23.7 Å². The molecule has 0 saturated carbocycles. The molecule has 0 aliphatic heterocycles. The Morgan fingerprint density at radius 1 is 1.19 bits per heavy atom. The highest BCUT2D eigenvalue weighted by Gasteiger charge is 1.97. The molecule has 0 unspecified atom stereocenters. The third-order valence-electron chi connectivity index (χ3n) is 2.02. The summed E-state index contributed by atoms with van der Waals surface area (Å²) in [4.78, 5) is 0. The van der Waals surface area contributed by atoms with Gasteiger partial charge in [0, 0.05) is 6.54 Å². The van der Waals surface area contributed by atoms with Gasteiger partial charge < -0.3 is 10.4 Å². The average molecular weight is 236 g/mol. The largest absolute Gasteiger partial charge is 0.508 e. The molecule has 0 spiro atoms. The maximum atomic E-state index is 9.27. The maximum Gasteiger partial charge on any atom is 0.151 e. The lowest BCUT2D eigenvalue weighted by Crippen LogP contribution is -2.01. The van der Waals surface area contributed by atoms with Crippen LogP contribution in [0.2, 0.25) is 5.15 Å². The van der Waals surface area contributed by atoms with E-state index in [1.54, 1.807) is 30.3 Å². The summed E-state index contributed by atoms with van der Waals surface area (Å²) in [5.74, 6) is 0.897. The van der Waals surface area contributed by atoms with Gasteiger partial charge in [-0.25, -0.2) is 0 Å². The minimum atomic E-state index is 0.251. The Morgan fingerprint density at radius 2 is 2.06 bits per heavy atom. The van der Waals surface area contributed by atoms with Crippen molar-refractivity contribution in [2.24, 2.45) is 0 Å². The molecule has 16 heavy (non-hydrogen) atoms. The van der Waals surface area contributed by atoms with E-state index < -0.39 is 0 Å². The first-order valence-electron chi connectivity index (χ1n) is 4.75. The van der Waals surface area contributed by atoms with E-state index in [2.05, 4.69) is 15.5 Å². The monoisotopic (exact) mass is 235 g/mol. The molecule has 1 heterocycles. The SMILES string of the molecule is Oc1cccc(CNc2ccc(Cl)nn2)c1. The molecule has 4 nitrogen and oxygen atoms in total. The van der Waals surface area contributed by atoms with E-state index in [4.69, 9.17) is 11.6 Å². The molecule has 0 atom stereocenters. The topological polar surface area (TPSA) is 58.0 Å². The van der Waals surface area contributed by atoms with Crippen LogP contribution >= 0.6 is 11.6 Å². The molecule has 0 saturated heterocycles. The number of hydrogen-bond acceptors (Lipinski definition) is 4. The predicted molar refractivity (Wildman–Crippen MR) is 62.5 cm³/mol. The van der Waals surface area contributed by atoms with Gasteiger partial charge in [-0.2, -0.15) is 0 Å². The Bertz CT molecular complexity index is 473. The van der Waals surface area contributed by atoms with Crippen molar-refractivity contribution in [3.63, 3.8) is 0 Å². The van der Waals surface area contributed by atoms with Gasteiger partial charge in [-0.05, 0) is 29.8 Å². The number of anilines is 1. The van der Waals surface area contributed by atoms with Crippen molar-refractivity contribution in [2.45, 2.75) is 6.54 Å². The molecule has 0 amide bonds. The predicted octanol–water partition coefficient (Wildman–Crippen LogP) is 2.45. The molecule has 0 aliphatic rings. The molecular formula is C11H10ClN3O. The first-order valence-corrected chi connectivity index (χ1v) is 5.13. The van der Waals surface area contributed by atoms with Gasteiger partial charge in [0.1, 0.15) is 11.6 Å². The van der Waals surface area contributed by atoms with Crippen LogP contribution in [0.5, 0.6) is 5.75 Å². The number of nitrogens with one attached hydrogen (secondary N) is 1. The standard InChI is InChI=1S/C11H10ClN3O/c12-10-4-5-11(15-14-10)13-7-8-2-1-3-9(16)6-8/h1-6,16H,7H2,(H,13,15). The summed E-state index contributed by atoms with van der Waals surface area (Å²) in [7, 11) is 0. The van der Waals surface area contributed by atoms with Crippen molar-refractivity contribution < 1.29 is 5.11 Å². The van der Waals surface area contributed by atoms with Crippen molar-refractivity contribution in [3.05, 3.63) is 47.1 Å². The summed E-state index contributed by atoms with van der Waals surface area (Å²) in [6.07, 6.45) is 0. The first-order chi connectivity index (χ1) is 7.74. The van der Waals surface area contributed by atoms with Crippen LogP contribution in [0, 0.1) is 0 Å². The molecule has 2 aromatic rings. The molecule has 2 rings (SSSR count). The highest BCUT2D eigenvalue weighted by atomic mass is 35.5. The van der Waals surface area contributed by atoms with E-state index in [0.29, 0.717) is 17.5 Å². The summed E-state index contributed by atoms with van der Waals surface area (Å²) < 4.78 is 0. The number of phenolic OH excluding ortho intramolecular Hbond substituents is 1. The molecule has 1 aromatic heterocycles. The van der Waals surface area contributed by atoms with E-state index in [0.717, 1.165) is 5.56 Å². The third-order valence-corrected chi connectivity index (χ3v) is 2.22. The van der Waals surface area contributed by atoms with Crippen LogP contribution in [0.4, 0.5) is 5.82 Å². The number of hydrogen-bond donors (Lipinski definition) is 2. The summed E-state index contributed by atoms with van der Waals surface area (Å²) >= 11 is 5.62. The molecule has 2 N–H and O–H groups in total. The summed E-state index contributed by atoms with van der Waals surface area (Å²) in [6.45, 7) is 0.574. The second-order valence-corrected chi connectivity index (χ2v) is 3.65. The van der Waals surface area contributed by atoms with Crippen LogP contribution in [0.3, 0.4) is 0 Å². The Balaban J connectivity index is 1.99. The Kier molecular flexibility index (Phi) is 3.22. The lowest BCUT2D eigenvalue weighted by molar-refractivity contribution is 0.474. The van der Waals surface area contributed by atoms with Crippen molar-refractivity contribution in [3.8, 4) is 5.75 Å². The Morgan fingerprint density at radius 3 is 2.75 bits per heavy atom. The molecule has 0 bridgehead atoms. The highest BCUT2D eigenvalue weighted by Crippen LogP contribution is 2.12. The van der Waals surface area contributed by atoms with E-state index in [-0.39, 0.29) is 5.75 Å². The minimum absolute atomic E-state index is 0.251. The van der Waals surface area contributed by atoms with Crippen LogP contribution in [0.25, 0.3) is 0 Å². The maximum absolute atomic E-state index is 9.27. The first kappa shape index (κ1) is 10.7. The minimum Gasteiger partial charge on any atom is -0.508 e. The van der Waals surface area contributed by atoms with Gasteiger partial charge in [0.2, 0.25) is 0 Å². The molecule has 0 fully saturated rings. The molecule has 5 heteroatoms. The molecule has 1 aromatic carbocycles. The van der Waals surface area contributed by atoms with Gasteiger partial charge in [0.25, 0.3) is 0 Å². The zero-order valence-corrected chi connectivity index (χ0v) is 9.15. The number of halogens is 1. The van der Waals surface area contributed by atoms with Crippen LogP contribution in [-0.4, -0.2) is 15.3 Å². The lowest BCUT2D eigenvalue weighted by atomic mass is 10.2. The Hall–Kier alpha value is -1.81. The number of benzene rings is 1. The zero-order valence-electron chi connectivity index (χ0n) is 8.39. The fourth-order valence-corrected chi connectivity index (χ4v) is 1.37. The van der Waals surface area contributed by atoms with Crippen molar-refractivity contribution >= 4 is 17.4 Å². The van der Waals surface area contributed by atoms with Gasteiger partial charge in [0.05, 0.1) is 0 Å². The van der Waals surface area contributed by atoms with Gasteiger partial charge >= 0.3 is 0 Å². The van der Waals surface area contributed by atoms with Gasteiger partial charge in [0.15, 0.2) is 5.15 Å². The normalized spacial score (nSPS) is 10.1. The molecular weight excluding hydrogens is 226 g/mol. The quantitative estimate of drug-likeness (QED) is 0.858. The summed E-state index contributed by atoms with van der Waals surface area (Å²) in [5.41, 5.74) is 0.969. The van der Waals surface area contributed by atoms with Crippen LogP contribution in [0.15, 0.2) is 36.4 Å². The number of rotatable bonds is 3. The van der Waals surface area contributed by atoms with Crippen molar-refractivity contribution in [1.82, 2.24) is 10.2 Å². The number of nitrogens with zero attached hydrogens (tertiary/aromatic N) is 2. The smallest absolute Gasteiger partial charge is 0.151 e. The van der Waals surface area contributed by atoms with Crippen molar-refractivity contribution in [1.29, 1.82) is 0 Å².